The van der Waals surface area contributed by atoms with Crippen LogP contribution < -0.4 is 14.4 Å². The Morgan fingerprint density at radius 3 is 2.91 bits per heavy atom. The average Bonchev–Trinajstić information content (AvgIpc) is 3.60. The van der Waals surface area contributed by atoms with E-state index in [2.05, 4.69) is 15.3 Å². The third-order valence-corrected chi connectivity index (χ3v) is 6.33. The molecule has 6 rings (SSSR count). The van der Waals surface area contributed by atoms with Crippen LogP contribution in [0.4, 0.5) is 15.0 Å². The van der Waals surface area contributed by atoms with Crippen LogP contribution in [0.5, 0.6) is 11.5 Å². The number of anilines is 1. The summed E-state index contributed by atoms with van der Waals surface area (Å²) in [6, 6.07) is 4.60. The van der Waals surface area contributed by atoms with Gasteiger partial charge in [0.25, 0.3) is 0 Å². The summed E-state index contributed by atoms with van der Waals surface area (Å²) in [5.74, 6) is 0.319. The second-order valence-electron chi connectivity index (χ2n) is 8.38. The highest BCUT2D eigenvalue weighted by atomic mass is 19.1. The van der Waals surface area contributed by atoms with Crippen molar-refractivity contribution in [3.63, 3.8) is 0 Å². The van der Waals surface area contributed by atoms with E-state index in [0.717, 1.165) is 10.5 Å². The highest BCUT2D eigenvalue weighted by Crippen LogP contribution is 2.43. The molecule has 35 heavy (non-hydrogen) atoms. The van der Waals surface area contributed by atoms with Crippen molar-refractivity contribution < 1.29 is 28.5 Å². The lowest BCUT2D eigenvalue weighted by atomic mass is 9.95. The van der Waals surface area contributed by atoms with Crippen LogP contribution in [0.1, 0.15) is 17.0 Å². The molecular weight excluding hydrogens is 459 g/mol. The fourth-order valence-electron chi connectivity index (χ4n) is 4.68. The molecule has 1 aromatic carbocycles. The molecule has 0 fully saturated rings. The monoisotopic (exact) mass is 480 g/mol. The van der Waals surface area contributed by atoms with E-state index in [1.807, 2.05) is 6.20 Å². The number of nitrogens with zero attached hydrogens (tertiary/aromatic N) is 6. The molecule has 0 bridgehead atoms. The normalized spacial score (nSPS) is 16.6. The summed E-state index contributed by atoms with van der Waals surface area (Å²) in [7, 11) is 1.62. The molecule has 2 aliphatic rings. The highest BCUT2D eigenvalue weighted by Gasteiger charge is 2.35. The summed E-state index contributed by atoms with van der Waals surface area (Å²) in [6.45, 7) is 1.36. The lowest BCUT2D eigenvalue weighted by Crippen LogP contribution is -2.31. The molecule has 0 aliphatic carbocycles. The van der Waals surface area contributed by atoms with Gasteiger partial charge >= 0.3 is 6.09 Å². The minimum Gasteiger partial charge on any atom is -0.493 e. The second kappa shape index (κ2) is 8.24. The van der Waals surface area contributed by atoms with Gasteiger partial charge in [-0.05, 0) is 18.2 Å². The maximum atomic E-state index is 15.0. The van der Waals surface area contributed by atoms with Gasteiger partial charge in [-0.1, -0.05) is 0 Å². The highest BCUT2D eigenvalue weighted by molar-refractivity contribution is 5.90. The number of hydrogen-bond acceptors (Lipinski definition) is 7. The Bertz CT molecular complexity index is 1450. The maximum absolute atomic E-state index is 15.0. The summed E-state index contributed by atoms with van der Waals surface area (Å²) in [5.41, 5.74) is 2.76. The molecule has 1 atom stereocenters. The lowest BCUT2D eigenvalue weighted by Gasteiger charge is -2.23. The molecule has 0 spiro atoms. The standard InChI is InChI=1S/C23H21FN6O5/c1-33-5-4-28-8-13(7-26-28)15-6-19-22(30-12-25-27-21(15)30)29(23(31)32)9-16-17(24)2-3-18-20(16)14(10-34-18)11-35-19/h2-3,6-8,12,14H,4-5,9-11H2,1H3,(H,31,32)/t14-/m0/s1. The lowest BCUT2D eigenvalue weighted by molar-refractivity contribution is 0.183. The molecular formula is C23H21FN6O5. The van der Waals surface area contributed by atoms with E-state index < -0.39 is 11.9 Å². The Morgan fingerprint density at radius 2 is 2.11 bits per heavy atom. The predicted octanol–water partition coefficient (Wildman–Crippen LogP) is 2.93. The number of fused-ring (bicyclic) bond motifs is 3. The Morgan fingerprint density at radius 1 is 1.29 bits per heavy atom. The van der Waals surface area contributed by atoms with Gasteiger partial charge in [0, 0.05) is 35.6 Å². The number of benzene rings is 1. The first kappa shape index (κ1) is 21.4. The number of methoxy groups -OCH3 is 1. The molecule has 0 saturated heterocycles. The molecule has 0 unspecified atom stereocenters. The predicted molar refractivity (Wildman–Crippen MR) is 120 cm³/mol. The minimum absolute atomic E-state index is 0.185. The van der Waals surface area contributed by atoms with Crippen molar-refractivity contribution in [2.75, 3.05) is 31.8 Å². The van der Waals surface area contributed by atoms with Gasteiger partial charge < -0.3 is 19.3 Å². The van der Waals surface area contributed by atoms with Gasteiger partial charge in [-0.15, -0.1) is 10.2 Å². The van der Waals surface area contributed by atoms with E-state index in [9.17, 15) is 14.3 Å². The third kappa shape index (κ3) is 3.44. The largest absolute Gasteiger partial charge is 0.493 e. The first-order chi connectivity index (χ1) is 17.0. The van der Waals surface area contributed by atoms with Crippen LogP contribution in [0.3, 0.4) is 0 Å². The van der Waals surface area contributed by atoms with Gasteiger partial charge in [-0.25, -0.2) is 9.18 Å². The number of rotatable bonds is 4. The fraction of sp³-hybridized carbons (Fsp3) is 0.304. The zero-order valence-corrected chi connectivity index (χ0v) is 18.7. The van der Waals surface area contributed by atoms with Gasteiger partial charge in [0.2, 0.25) is 0 Å². The van der Waals surface area contributed by atoms with Crippen molar-refractivity contribution in [1.29, 1.82) is 0 Å². The third-order valence-electron chi connectivity index (χ3n) is 6.33. The molecule has 180 valence electrons. The molecule has 3 aromatic heterocycles. The second-order valence-corrected chi connectivity index (χ2v) is 8.38. The Hall–Kier alpha value is -4.19. The van der Waals surface area contributed by atoms with Crippen molar-refractivity contribution in [2.45, 2.75) is 19.0 Å². The summed E-state index contributed by atoms with van der Waals surface area (Å²) >= 11 is 0. The van der Waals surface area contributed by atoms with Crippen LogP contribution in [0, 0.1) is 5.82 Å². The van der Waals surface area contributed by atoms with Gasteiger partial charge in [0.05, 0.1) is 45.0 Å². The average molecular weight is 480 g/mol. The van der Waals surface area contributed by atoms with Crippen LogP contribution in [-0.4, -0.2) is 62.5 Å². The van der Waals surface area contributed by atoms with Crippen molar-refractivity contribution in [1.82, 2.24) is 24.4 Å². The van der Waals surface area contributed by atoms with Crippen molar-refractivity contribution >= 4 is 17.6 Å². The van der Waals surface area contributed by atoms with Crippen LogP contribution in [-0.2, 0) is 17.8 Å². The first-order valence-corrected chi connectivity index (χ1v) is 11.0. The molecule has 12 heteroatoms. The number of amides is 1. The van der Waals surface area contributed by atoms with Crippen LogP contribution >= 0.6 is 0 Å². The zero-order chi connectivity index (χ0) is 24.1. The summed E-state index contributed by atoms with van der Waals surface area (Å²) in [5, 5.41) is 22.8. The van der Waals surface area contributed by atoms with Gasteiger partial charge in [-0.2, -0.15) is 5.10 Å². The summed E-state index contributed by atoms with van der Waals surface area (Å²) in [4.78, 5) is 13.5. The first-order valence-electron chi connectivity index (χ1n) is 11.0. The number of aromatic nitrogens is 5. The molecule has 0 saturated carbocycles. The number of ether oxygens (including phenoxy) is 3. The van der Waals surface area contributed by atoms with E-state index in [1.54, 1.807) is 34.5 Å². The van der Waals surface area contributed by atoms with E-state index in [4.69, 9.17) is 14.2 Å². The maximum Gasteiger partial charge on any atom is 0.413 e. The fourth-order valence-corrected chi connectivity index (χ4v) is 4.68. The number of hydrogen-bond donors (Lipinski definition) is 1. The van der Waals surface area contributed by atoms with Crippen molar-refractivity contribution in [2.24, 2.45) is 0 Å². The van der Waals surface area contributed by atoms with Crippen molar-refractivity contribution in [3.05, 3.63) is 53.9 Å². The molecule has 4 aromatic rings. The molecule has 5 heterocycles. The summed E-state index contributed by atoms with van der Waals surface area (Å²) < 4.78 is 35.3. The van der Waals surface area contributed by atoms with Crippen molar-refractivity contribution in [3.8, 4) is 22.6 Å². The Kier molecular flexibility index (Phi) is 5.02. The molecule has 2 aliphatic heterocycles. The Balaban J connectivity index is 1.53. The van der Waals surface area contributed by atoms with Crippen LogP contribution in [0.25, 0.3) is 16.8 Å². The van der Waals surface area contributed by atoms with Crippen LogP contribution in [0.2, 0.25) is 0 Å². The smallest absolute Gasteiger partial charge is 0.413 e. The SMILES string of the molecule is COCCn1cc(-c2cc3c(n4cnnc24)N(C(=O)O)Cc2c(F)ccc4c2[C@@H](CO4)CO3)cn1. The van der Waals surface area contributed by atoms with Gasteiger partial charge in [0.1, 0.15) is 17.9 Å². The van der Waals surface area contributed by atoms with E-state index in [-0.39, 0.29) is 30.5 Å². The molecule has 0 radical (unpaired) electrons. The minimum atomic E-state index is -1.26. The van der Waals surface area contributed by atoms with Gasteiger partial charge in [0.15, 0.2) is 17.2 Å². The molecule has 1 amide bonds. The van der Waals surface area contributed by atoms with E-state index >= 15 is 0 Å². The number of pyridine rings is 1. The zero-order valence-electron chi connectivity index (χ0n) is 18.7. The number of carboxylic acid groups (broad SMARTS) is 1. The number of halogens is 1. The topological polar surface area (TPSA) is 116 Å². The quantitative estimate of drug-likeness (QED) is 0.474. The Labute approximate surface area is 198 Å². The molecule has 1 N–H and O–H groups in total. The van der Waals surface area contributed by atoms with Gasteiger partial charge in [-0.3, -0.25) is 14.0 Å². The van der Waals surface area contributed by atoms with E-state index in [0.29, 0.717) is 48.0 Å². The number of carbonyl (C=O) groups is 1. The molecule has 11 nitrogen and oxygen atoms in total. The summed E-state index contributed by atoms with van der Waals surface area (Å²) in [6.07, 6.45) is 3.70. The van der Waals surface area contributed by atoms with Crippen LogP contribution in [0.15, 0.2) is 36.9 Å². The van der Waals surface area contributed by atoms with E-state index in [1.165, 1.54) is 12.4 Å².